The number of phenols is 1. The van der Waals surface area contributed by atoms with Gasteiger partial charge in [0.15, 0.2) is 0 Å². The maximum atomic E-state index is 9.36. The first-order valence-electron chi connectivity index (χ1n) is 4.19. The molecule has 0 aliphatic rings. The molecule has 0 saturated carbocycles. The first-order valence-corrected chi connectivity index (χ1v) is 4.19. The summed E-state index contributed by atoms with van der Waals surface area (Å²) in [7, 11) is 0. The van der Waals surface area contributed by atoms with Crippen molar-refractivity contribution in [1.29, 1.82) is 5.26 Å². The number of nitrogens with zero attached hydrogens (tertiary/aromatic N) is 1. The Labute approximate surface area is 77.6 Å². The van der Waals surface area contributed by atoms with Gasteiger partial charge in [-0.2, -0.15) is 5.26 Å². The molecule has 0 unspecified atom stereocenters. The van der Waals surface area contributed by atoms with E-state index < -0.39 is 0 Å². The average Bonchev–Trinajstić information content (AvgIpc) is 2.15. The molecule has 1 aromatic rings. The van der Waals surface area contributed by atoms with Crippen LogP contribution in [0, 0.1) is 11.3 Å². The number of hydrogen-bond donors (Lipinski definition) is 2. The predicted octanol–water partition coefficient (Wildman–Crippen LogP) is 1.40. The Balaban J connectivity index is 2.37. The zero-order valence-electron chi connectivity index (χ0n) is 7.33. The number of nitriles is 1. The molecule has 1 aromatic carbocycles. The Kier molecular flexibility index (Phi) is 3.80. The van der Waals surface area contributed by atoms with Crippen LogP contribution in [-0.4, -0.2) is 11.7 Å². The van der Waals surface area contributed by atoms with Gasteiger partial charge in [0, 0.05) is 25.1 Å². The highest BCUT2D eigenvalue weighted by Gasteiger charge is 1.97. The first-order chi connectivity index (χ1) is 6.34. The minimum Gasteiger partial charge on any atom is -0.508 e. The van der Waals surface area contributed by atoms with E-state index in [9.17, 15) is 5.11 Å². The average molecular weight is 176 g/mol. The summed E-state index contributed by atoms with van der Waals surface area (Å²) in [5.41, 5.74) is 0.862. The van der Waals surface area contributed by atoms with Crippen molar-refractivity contribution in [3.63, 3.8) is 0 Å². The third-order valence-electron chi connectivity index (χ3n) is 1.72. The van der Waals surface area contributed by atoms with Gasteiger partial charge in [-0.25, -0.2) is 0 Å². The lowest BCUT2D eigenvalue weighted by Crippen LogP contribution is -2.14. The number of para-hydroxylation sites is 1. The van der Waals surface area contributed by atoms with Crippen molar-refractivity contribution in [2.75, 3.05) is 6.54 Å². The summed E-state index contributed by atoms with van der Waals surface area (Å²) in [5.74, 6) is 0.298. The van der Waals surface area contributed by atoms with Gasteiger partial charge in [0.2, 0.25) is 0 Å². The standard InChI is InChI=1S/C10H12N2O/c11-6-3-7-12-8-9-4-1-2-5-10(9)13/h1-2,4-5,12-13H,3,7-8H2. The lowest BCUT2D eigenvalue weighted by atomic mass is 10.2. The van der Waals surface area contributed by atoms with Crippen LogP contribution in [0.4, 0.5) is 0 Å². The molecule has 0 saturated heterocycles. The molecule has 3 heteroatoms. The van der Waals surface area contributed by atoms with E-state index in [4.69, 9.17) is 5.26 Å². The van der Waals surface area contributed by atoms with Crippen LogP contribution < -0.4 is 5.32 Å². The van der Waals surface area contributed by atoms with Crippen LogP contribution in [-0.2, 0) is 6.54 Å². The fraction of sp³-hybridized carbons (Fsp3) is 0.300. The molecule has 0 radical (unpaired) electrons. The van der Waals surface area contributed by atoms with Gasteiger partial charge in [-0.3, -0.25) is 0 Å². The van der Waals surface area contributed by atoms with E-state index in [0.717, 1.165) is 5.56 Å². The molecule has 0 aliphatic carbocycles. The van der Waals surface area contributed by atoms with Crippen molar-refractivity contribution in [1.82, 2.24) is 5.32 Å². The summed E-state index contributed by atoms with van der Waals surface area (Å²) in [6, 6.07) is 9.22. The Morgan fingerprint density at radius 1 is 1.38 bits per heavy atom. The molecule has 0 spiro atoms. The van der Waals surface area contributed by atoms with E-state index in [0.29, 0.717) is 25.3 Å². The maximum absolute atomic E-state index is 9.36. The monoisotopic (exact) mass is 176 g/mol. The highest BCUT2D eigenvalue weighted by atomic mass is 16.3. The lowest BCUT2D eigenvalue weighted by molar-refractivity contribution is 0.465. The fourth-order valence-corrected chi connectivity index (χ4v) is 1.03. The summed E-state index contributed by atoms with van der Waals surface area (Å²) in [4.78, 5) is 0. The number of nitrogens with one attached hydrogen (secondary N) is 1. The predicted molar refractivity (Wildman–Crippen MR) is 50.0 cm³/mol. The minimum atomic E-state index is 0.298. The molecule has 0 aliphatic heterocycles. The lowest BCUT2D eigenvalue weighted by Gasteiger charge is -2.04. The second kappa shape index (κ2) is 5.18. The Morgan fingerprint density at radius 3 is 2.85 bits per heavy atom. The van der Waals surface area contributed by atoms with Crippen molar-refractivity contribution in [3.8, 4) is 11.8 Å². The third kappa shape index (κ3) is 3.14. The zero-order valence-corrected chi connectivity index (χ0v) is 7.33. The van der Waals surface area contributed by atoms with Crippen LogP contribution in [0.2, 0.25) is 0 Å². The smallest absolute Gasteiger partial charge is 0.120 e. The highest BCUT2D eigenvalue weighted by molar-refractivity contribution is 5.31. The highest BCUT2D eigenvalue weighted by Crippen LogP contribution is 2.14. The molecule has 0 fully saturated rings. The van der Waals surface area contributed by atoms with Crippen LogP contribution in [0.5, 0.6) is 5.75 Å². The second-order valence-corrected chi connectivity index (χ2v) is 2.71. The van der Waals surface area contributed by atoms with Gasteiger partial charge < -0.3 is 10.4 Å². The molecule has 0 heterocycles. The molecule has 1 rings (SSSR count). The first kappa shape index (κ1) is 9.56. The van der Waals surface area contributed by atoms with E-state index in [2.05, 4.69) is 5.32 Å². The van der Waals surface area contributed by atoms with Crippen LogP contribution >= 0.6 is 0 Å². The topological polar surface area (TPSA) is 56.0 Å². The van der Waals surface area contributed by atoms with E-state index >= 15 is 0 Å². The van der Waals surface area contributed by atoms with E-state index in [1.165, 1.54) is 0 Å². The molecule has 0 aromatic heterocycles. The summed E-state index contributed by atoms with van der Waals surface area (Å²) < 4.78 is 0. The van der Waals surface area contributed by atoms with Crippen LogP contribution in [0.1, 0.15) is 12.0 Å². The summed E-state index contributed by atoms with van der Waals surface area (Å²) in [6.07, 6.45) is 0.494. The van der Waals surface area contributed by atoms with Crippen LogP contribution in [0.25, 0.3) is 0 Å². The van der Waals surface area contributed by atoms with Gasteiger partial charge in [0.1, 0.15) is 5.75 Å². The van der Waals surface area contributed by atoms with E-state index in [-0.39, 0.29) is 0 Å². The van der Waals surface area contributed by atoms with Crippen LogP contribution in [0.3, 0.4) is 0 Å². The number of hydrogen-bond acceptors (Lipinski definition) is 3. The quantitative estimate of drug-likeness (QED) is 0.682. The van der Waals surface area contributed by atoms with Crippen LogP contribution in [0.15, 0.2) is 24.3 Å². The van der Waals surface area contributed by atoms with Gasteiger partial charge in [-0.15, -0.1) is 0 Å². The van der Waals surface area contributed by atoms with Crippen molar-refractivity contribution in [3.05, 3.63) is 29.8 Å². The molecule has 0 amide bonds. The number of benzene rings is 1. The molecule has 68 valence electrons. The molecule has 13 heavy (non-hydrogen) atoms. The zero-order chi connectivity index (χ0) is 9.52. The summed E-state index contributed by atoms with van der Waals surface area (Å²) in [5, 5.41) is 20.7. The fourth-order valence-electron chi connectivity index (χ4n) is 1.03. The van der Waals surface area contributed by atoms with E-state index in [1.807, 2.05) is 18.2 Å². The summed E-state index contributed by atoms with van der Waals surface area (Å²) in [6.45, 7) is 1.26. The molecular weight excluding hydrogens is 164 g/mol. The van der Waals surface area contributed by atoms with Gasteiger partial charge in [-0.05, 0) is 6.07 Å². The van der Waals surface area contributed by atoms with Gasteiger partial charge in [-0.1, -0.05) is 18.2 Å². The molecule has 0 bridgehead atoms. The molecule has 3 nitrogen and oxygen atoms in total. The second-order valence-electron chi connectivity index (χ2n) is 2.71. The van der Waals surface area contributed by atoms with Crippen molar-refractivity contribution < 1.29 is 5.11 Å². The molecular formula is C10H12N2O. The van der Waals surface area contributed by atoms with Crippen molar-refractivity contribution >= 4 is 0 Å². The number of aromatic hydroxyl groups is 1. The summed E-state index contributed by atoms with van der Waals surface area (Å²) >= 11 is 0. The van der Waals surface area contributed by atoms with Crippen molar-refractivity contribution in [2.24, 2.45) is 0 Å². The Morgan fingerprint density at radius 2 is 2.15 bits per heavy atom. The van der Waals surface area contributed by atoms with Gasteiger partial charge in [0.25, 0.3) is 0 Å². The molecule has 2 N–H and O–H groups in total. The number of phenolic OH excluding ortho intramolecular Hbond substituents is 1. The normalized spacial score (nSPS) is 9.46. The Bertz CT molecular complexity index is 304. The SMILES string of the molecule is N#CCCNCc1ccccc1O. The van der Waals surface area contributed by atoms with Crippen molar-refractivity contribution in [2.45, 2.75) is 13.0 Å². The largest absolute Gasteiger partial charge is 0.508 e. The van der Waals surface area contributed by atoms with Gasteiger partial charge >= 0.3 is 0 Å². The minimum absolute atomic E-state index is 0.298. The Hall–Kier alpha value is -1.53. The number of rotatable bonds is 4. The van der Waals surface area contributed by atoms with E-state index in [1.54, 1.807) is 12.1 Å². The maximum Gasteiger partial charge on any atom is 0.120 e. The third-order valence-corrected chi connectivity index (χ3v) is 1.72. The van der Waals surface area contributed by atoms with Gasteiger partial charge in [0.05, 0.1) is 6.07 Å². The molecule has 0 atom stereocenters.